The van der Waals surface area contributed by atoms with Crippen LogP contribution < -0.4 is 9.47 Å². The van der Waals surface area contributed by atoms with E-state index in [2.05, 4.69) is 10.2 Å². The molecule has 0 aliphatic heterocycles. The number of nitrogens with zero attached hydrogens (tertiary/aromatic N) is 3. The fourth-order valence-corrected chi connectivity index (χ4v) is 2.83. The van der Waals surface area contributed by atoms with Crippen LogP contribution in [0.2, 0.25) is 0 Å². The molecule has 1 aromatic carbocycles. The molecule has 1 heterocycles. The summed E-state index contributed by atoms with van der Waals surface area (Å²) in [5.41, 5.74) is 0. The van der Waals surface area contributed by atoms with Gasteiger partial charge in [0.15, 0.2) is 11.0 Å². The molecule has 2 rings (SSSR count). The third kappa shape index (κ3) is 4.89. The number of benzene rings is 1. The summed E-state index contributed by atoms with van der Waals surface area (Å²) < 4.78 is 17.8. The van der Waals surface area contributed by atoms with E-state index in [0.717, 1.165) is 5.75 Å². The second kappa shape index (κ2) is 9.17. The van der Waals surface area contributed by atoms with Crippen molar-refractivity contribution < 1.29 is 19.0 Å². The van der Waals surface area contributed by atoms with Crippen LogP contribution in [0.1, 0.15) is 19.7 Å². The van der Waals surface area contributed by atoms with Gasteiger partial charge in [-0.05, 0) is 26.0 Å². The van der Waals surface area contributed by atoms with E-state index in [4.69, 9.17) is 14.2 Å². The molecule has 8 heteroatoms. The van der Waals surface area contributed by atoms with E-state index < -0.39 is 0 Å². The molecule has 130 valence electrons. The van der Waals surface area contributed by atoms with Crippen molar-refractivity contribution in [3.05, 3.63) is 30.1 Å². The van der Waals surface area contributed by atoms with E-state index >= 15 is 0 Å². The second-order valence-corrected chi connectivity index (χ2v) is 5.65. The maximum atomic E-state index is 11.5. The van der Waals surface area contributed by atoms with E-state index in [9.17, 15) is 4.79 Å². The molecule has 0 aliphatic carbocycles. The minimum atomic E-state index is -0.262. The molecule has 0 spiro atoms. The standard InChI is InChI=1S/C16H21N3O4S/c1-4-19-14(10-23-13-8-6-7-12(9-13)21-3)17-18-16(19)24-11-15(20)22-5-2/h6-9H,4-5,10-11H2,1-3H3. The van der Waals surface area contributed by atoms with Crippen LogP contribution in [0.3, 0.4) is 0 Å². The van der Waals surface area contributed by atoms with Crippen molar-refractivity contribution in [2.75, 3.05) is 19.5 Å². The molecule has 1 aromatic heterocycles. The Balaban J connectivity index is 1.99. The summed E-state index contributed by atoms with van der Waals surface area (Å²) in [6.07, 6.45) is 0. The molecule has 0 atom stereocenters. The minimum Gasteiger partial charge on any atom is -0.497 e. The van der Waals surface area contributed by atoms with Gasteiger partial charge >= 0.3 is 5.97 Å². The maximum Gasteiger partial charge on any atom is 0.316 e. The molecule has 24 heavy (non-hydrogen) atoms. The molecular formula is C16H21N3O4S. The summed E-state index contributed by atoms with van der Waals surface area (Å²) in [6.45, 7) is 5.13. The van der Waals surface area contributed by atoms with Crippen LogP contribution in [0.15, 0.2) is 29.4 Å². The second-order valence-electron chi connectivity index (χ2n) is 4.70. The van der Waals surface area contributed by atoms with E-state index in [-0.39, 0.29) is 18.3 Å². The SMILES string of the molecule is CCOC(=O)CSc1nnc(COc2cccc(OC)c2)n1CC. The molecule has 7 nitrogen and oxygen atoms in total. The zero-order valence-corrected chi connectivity index (χ0v) is 14.8. The lowest BCUT2D eigenvalue weighted by atomic mass is 10.3. The van der Waals surface area contributed by atoms with Crippen LogP contribution >= 0.6 is 11.8 Å². The van der Waals surface area contributed by atoms with E-state index in [1.807, 2.05) is 35.8 Å². The highest BCUT2D eigenvalue weighted by Gasteiger charge is 2.14. The first-order chi connectivity index (χ1) is 11.7. The van der Waals surface area contributed by atoms with Gasteiger partial charge in [-0.15, -0.1) is 10.2 Å². The monoisotopic (exact) mass is 351 g/mol. The Morgan fingerprint density at radius 2 is 2.04 bits per heavy atom. The number of aromatic nitrogens is 3. The Kier molecular flexibility index (Phi) is 6.92. The van der Waals surface area contributed by atoms with Crippen molar-refractivity contribution in [3.8, 4) is 11.5 Å². The van der Waals surface area contributed by atoms with Crippen LogP contribution in [0.25, 0.3) is 0 Å². The zero-order valence-electron chi connectivity index (χ0n) is 14.0. The summed E-state index contributed by atoms with van der Waals surface area (Å²) >= 11 is 1.31. The lowest BCUT2D eigenvalue weighted by molar-refractivity contribution is -0.139. The van der Waals surface area contributed by atoms with Crippen molar-refractivity contribution in [2.24, 2.45) is 0 Å². The van der Waals surface area contributed by atoms with Crippen LogP contribution in [0.5, 0.6) is 11.5 Å². The predicted octanol–water partition coefficient (Wildman–Crippen LogP) is 2.54. The Morgan fingerprint density at radius 3 is 2.75 bits per heavy atom. The highest BCUT2D eigenvalue weighted by atomic mass is 32.2. The summed E-state index contributed by atoms with van der Waals surface area (Å²) in [5.74, 6) is 2.08. The normalized spacial score (nSPS) is 10.5. The molecule has 0 radical (unpaired) electrons. The van der Waals surface area contributed by atoms with Crippen LogP contribution in [0.4, 0.5) is 0 Å². The molecule has 0 saturated heterocycles. The Morgan fingerprint density at radius 1 is 1.25 bits per heavy atom. The van der Waals surface area contributed by atoms with Gasteiger partial charge in [-0.3, -0.25) is 4.79 Å². The lowest BCUT2D eigenvalue weighted by Gasteiger charge is -2.09. The van der Waals surface area contributed by atoms with Crippen molar-refractivity contribution in [2.45, 2.75) is 32.2 Å². The zero-order chi connectivity index (χ0) is 17.4. The predicted molar refractivity (Wildman–Crippen MR) is 90.4 cm³/mol. The van der Waals surface area contributed by atoms with Gasteiger partial charge < -0.3 is 18.8 Å². The van der Waals surface area contributed by atoms with Crippen LogP contribution in [-0.4, -0.2) is 40.2 Å². The molecule has 2 aromatic rings. The van der Waals surface area contributed by atoms with Gasteiger partial charge in [0.25, 0.3) is 0 Å². The van der Waals surface area contributed by atoms with Crippen molar-refractivity contribution in [1.29, 1.82) is 0 Å². The number of carbonyl (C=O) groups excluding carboxylic acids is 1. The number of esters is 1. The Bertz CT molecular complexity index is 675. The largest absolute Gasteiger partial charge is 0.497 e. The first kappa shape index (κ1) is 18.1. The summed E-state index contributed by atoms with van der Waals surface area (Å²) in [6, 6.07) is 7.37. The number of rotatable bonds is 9. The molecule has 0 saturated carbocycles. The highest BCUT2D eigenvalue weighted by molar-refractivity contribution is 7.99. The quantitative estimate of drug-likeness (QED) is 0.507. The van der Waals surface area contributed by atoms with E-state index in [0.29, 0.717) is 29.9 Å². The molecule has 0 bridgehead atoms. The molecule has 0 fully saturated rings. The van der Waals surface area contributed by atoms with Gasteiger partial charge in [-0.25, -0.2) is 0 Å². The fraction of sp³-hybridized carbons (Fsp3) is 0.438. The first-order valence-corrected chi connectivity index (χ1v) is 8.63. The average Bonchev–Trinajstić information content (AvgIpc) is 3.00. The van der Waals surface area contributed by atoms with Crippen molar-refractivity contribution in [3.63, 3.8) is 0 Å². The number of carbonyl (C=O) groups is 1. The molecular weight excluding hydrogens is 330 g/mol. The van der Waals surface area contributed by atoms with Gasteiger partial charge in [-0.2, -0.15) is 0 Å². The van der Waals surface area contributed by atoms with Gasteiger partial charge in [-0.1, -0.05) is 17.8 Å². The van der Waals surface area contributed by atoms with E-state index in [1.54, 1.807) is 14.0 Å². The number of hydrogen-bond acceptors (Lipinski definition) is 7. The summed E-state index contributed by atoms with van der Waals surface area (Å²) in [5, 5.41) is 8.96. The summed E-state index contributed by atoms with van der Waals surface area (Å²) in [4.78, 5) is 11.5. The van der Waals surface area contributed by atoms with Crippen molar-refractivity contribution >= 4 is 17.7 Å². The Hall–Kier alpha value is -2.22. The summed E-state index contributed by atoms with van der Waals surface area (Å²) in [7, 11) is 1.61. The van der Waals surface area contributed by atoms with E-state index in [1.165, 1.54) is 11.8 Å². The van der Waals surface area contributed by atoms with Gasteiger partial charge in [0.1, 0.15) is 18.1 Å². The van der Waals surface area contributed by atoms with Gasteiger partial charge in [0.2, 0.25) is 0 Å². The average molecular weight is 351 g/mol. The van der Waals surface area contributed by atoms with Gasteiger partial charge in [0.05, 0.1) is 19.5 Å². The smallest absolute Gasteiger partial charge is 0.316 e. The first-order valence-electron chi connectivity index (χ1n) is 7.65. The maximum absolute atomic E-state index is 11.5. The molecule has 0 N–H and O–H groups in total. The van der Waals surface area contributed by atoms with Crippen molar-refractivity contribution in [1.82, 2.24) is 14.8 Å². The molecule has 0 unspecified atom stereocenters. The van der Waals surface area contributed by atoms with Gasteiger partial charge in [0, 0.05) is 12.6 Å². The number of hydrogen-bond donors (Lipinski definition) is 0. The molecule has 0 amide bonds. The lowest BCUT2D eigenvalue weighted by Crippen LogP contribution is -2.09. The third-order valence-corrected chi connectivity index (χ3v) is 4.08. The number of methoxy groups -OCH3 is 1. The Labute approximate surface area is 145 Å². The minimum absolute atomic E-state index is 0.211. The van der Waals surface area contributed by atoms with Crippen LogP contribution in [0, 0.1) is 0 Å². The highest BCUT2D eigenvalue weighted by Crippen LogP contribution is 2.21. The number of ether oxygens (including phenoxy) is 3. The van der Waals surface area contributed by atoms with Crippen LogP contribution in [-0.2, 0) is 22.7 Å². The third-order valence-electron chi connectivity index (χ3n) is 3.14. The molecule has 0 aliphatic rings. The number of thioether (sulfide) groups is 1. The fourth-order valence-electron chi connectivity index (χ4n) is 2.02. The topological polar surface area (TPSA) is 75.5 Å².